The number of carboxylic acid groups (broad SMARTS) is 1. The van der Waals surface area contributed by atoms with Crippen molar-refractivity contribution in [1.82, 2.24) is 5.32 Å². The molecule has 1 aliphatic rings. The number of phenols is 1. The highest BCUT2D eigenvalue weighted by atomic mass is 16.4. The van der Waals surface area contributed by atoms with Gasteiger partial charge in [-0.3, -0.25) is 9.59 Å². The molecule has 0 radical (unpaired) electrons. The molecular weight excluding hydrogens is 234 g/mol. The number of phenolic OH excluding ortho intramolecular Hbond substituents is 1. The van der Waals surface area contributed by atoms with Crippen molar-refractivity contribution < 1.29 is 19.8 Å². The third kappa shape index (κ3) is 2.45. The van der Waals surface area contributed by atoms with Crippen LogP contribution in [0.1, 0.15) is 36.0 Å². The molecule has 0 heterocycles. The molecule has 0 bridgehead atoms. The maximum atomic E-state index is 12.0. The summed E-state index contributed by atoms with van der Waals surface area (Å²) < 4.78 is 0. The van der Waals surface area contributed by atoms with Gasteiger partial charge in [0, 0.05) is 0 Å². The fraction of sp³-hybridized carbons (Fsp3) is 0.385. The molecule has 5 heteroatoms. The highest BCUT2D eigenvalue weighted by Gasteiger charge is 2.40. The predicted octanol–water partition coefficient (Wildman–Crippen LogP) is 1.52. The van der Waals surface area contributed by atoms with Gasteiger partial charge in [-0.25, -0.2) is 0 Å². The zero-order valence-corrected chi connectivity index (χ0v) is 9.85. The van der Waals surface area contributed by atoms with Gasteiger partial charge in [-0.2, -0.15) is 0 Å². The van der Waals surface area contributed by atoms with Gasteiger partial charge in [-0.1, -0.05) is 12.1 Å². The summed E-state index contributed by atoms with van der Waals surface area (Å²) in [6, 6.07) is 6.22. The average Bonchev–Trinajstić information content (AvgIpc) is 2.25. The number of aliphatic carboxylic acids is 1. The summed E-state index contributed by atoms with van der Waals surface area (Å²) in [5.41, 5.74) is -0.472. The Morgan fingerprint density at radius 1 is 1.28 bits per heavy atom. The van der Waals surface area contributed by atoms with E-state index in [4.69, 9.17) is 5.11 Å². The Kier molecular flexibility index (Phi) is 3.23. The topological polar surface area (TPSA) is 86.6 Å². The first-order chi connectivity index (χ1) is 8.52. The lowest BCUT2D eigenvalue weighted by Gasteiger charge is -2.41. The Morgan fingerprint density at radius 2 is 1.94 bits per heavy atom. The molecule has 18 heavy (non-hydrogen) atoms. The molecule has 0 aromatic heterocycles. The van der Waals surface area contributed by atoms with Gasteiger partial charge in [0.25, 0.3) is 5.91 Å². The van der Waals surface area contributed by atoms with Crippen molar-refractivity contribution in [1.29, 1.82) is 0 Å². The lowest BCUT2D eigenvalue weighted by molar-refractivity contribution is -0.139. The third-order valence-electron chi connectivity index (χ3n) is 3.33. The standard InChI is InChI=1S/C13H15NO4/c15-10-5-2-1-4-9(10)12(18)14-13(6-3-7-13)8-11(16)17/h1-2,4-5,15H,3,6-8H2,(H,14,18)(H,16,17). The number of carbonyl (C=O) groups is 2. The second-order valence-electron chi connectivity index (χ2n) is 4.68. The maximum Gasteiger partial charge on any atom is 0.305 e. The monoisotopic (exact) mass is 249 g/mol. The Bertz CT molecular complexity index is 480. The Morgan fingerprint density at radius 3 is 2.44 bits per heavy atom. The van der Waals surface area contributed by atoms with E-state index < -0.39 is 17.4 Å². The van der Waals surface area contributed by atoms with Crippen LogP contribution in [0.15, 0.2) is 24.3 Å². The molecule has 1 amide bonds. The molecule has 1 saturated carbocycles. The minimum absolute atomic E-state index is 0.0770. The summed E-state index contributed by atoms with van der Waals surface area (Å²) in [4.78, 5) is 22.8. The minimum atomic E-state index is -0.924. The third-order valence-corrected chi connectivity index (χ3v) is 3.33. The van der Waals surface area contributed by atoms with Crippen LogP contribution in [0.5, 0.6) is 5.75 Å². The minimum Gasteiger partial charge on any atom is -0.507 e. The molecule has 2 rings (SSSR count). The van der Waals surface area contributed by atoms with Crippen molar-refractivity contribution in [2.45, 2.75) is 31.2 Å². The first kappa shape index (κ1) is 12.4. The van der Waals surface area contributed by atoms with Crippen LogP contribution >= 0.6 is 0 Å². The van der Waals surface area contributed by atoms with Crippen LogP contribution in [0, 0.1) is 0 Å². The number of aromatic hydroxyl groups is 1. The molecular formula is C13H15NO4. The number of nitrogens with one attached hydrogen (secondary N) is 1. The van der Waals surface area contributed by atoms with Gasteiger partial charge in [0.05, 0.1) is 17.5 Å². The quantitative estimate of drug-likeness (QED) is 0.755. The molecule has 0 aliphatic heterocycles. The number of hydrogen-bond acceptors (Lipinski definition) is 3. The number of rotatable bonds is 4. The van der Waals surface area contributed by atoms with Crippen LogP contribution < -0.4 is 5.32 Å². The summed E-state index contributed by atoms with van der Waals surface area (Å²) >= 11 is 0. The lowest BCUT2D eigenvalue weighted by Crippen LogP contribution is -2.54. The molecule has 96 valence electrons. The van der Waals surface area contributed by atoms with E-state index in [0.717, 1.165) is 6.42 Å². The van der Waals surface area contributed by atoms with Crippen LogP contribution in [0.3, 0.4) is 0 Å². The van der Waals surface area contributed by atoms with Crippen molar-refractivity contribution in [3.63, 3.8) is 0 Å². The SMILES string of the molecule is O=C(O)CC1(NC(=O)c2ccccc2O)CCC1. The lowest BCUT2D eigenvalue weighted by atomic mass is 9.74. The molecule has 1 aromatic carbocycles. The van der Waals surface area contributed by atoms with E-state index in [1.807, 2.05) is 0 Å². The molecule has 0 spiro atoms. The van der Waals surface area contributed by atoms with Crippen molar-refractivity contribution in [2.75, 3.05) is 0 Å². The average molecular weight is 249 g/mol. The number of para-hydroxylation sites is 1. The van der Waals surface area contributed by atoms with E-state index >= 15 is 0 Å². The number of benzene rings is 1. The summed E-state index contributed by atoms with van der Waals surface area (Å²) in [5.74, 6) is -1.44. The molecule has 3 N–H and O–H groups in total. The van der Waals surface area contributed by atoms with E-state index in [1.54, 1.807) is 12.1 Å². The fourth-order valence-corrected chi connectivity index (χ4v) is 2.21. The largest absolute Gasteiger partial charge is 0.507 e. The summed E-state index contributed by atoms with van der Waals surface area (Å²) in [5, 5.41) is 21.2. The van der Waals surface area contributed by atoms with E-state index in [0.29, 0.717) is 12.8 Å². The second kappa shape index (κ2) is 4.68. The zero-order chi connectivity index (χ0) is 13.2. The van der Waals surface area contributed by atoms with E-state index in [1.165, 1.54) is 12.1 Å². The highest BCUT2D eigenvalue weighted by molar-refractivity contribution is 5.97. The Balaban J connectivity index is 2.11. The number of hydrogen-bond donors (Lipinski definition) is 3. The number of carboxylic acids is 1. The van der Waals surface area contributed by atoms with Crippen LogP contribution in [-0.2, 0) is 4.79 Å². The smallest absolute Gasteiger partial charge is 0.305 e. The van der Waals surface area contributed by atoms with Gasteiger partial charge in [0.15, 0.2) is 0 Å². The van der Waals surface area contributed by atoms with Crippen molar-refractivity contribution >= 4 is 11.9 Å². The first-order valence-electron chi connectivity index (χ1n) is 5.85. The molecule has 0 atom stereocenters. The fourth-order valence-electron chi connectivity index (χ4n) is 2.21. The van der Waals surface area contributed by atoms with Gasteiger partial charge in [0.1, 0.15) is 5.75 Å². The Labute approximate surface area is 104 Å². The van der Waals surface area contributed by atoms with Gasteiger partial charge in [-0.05, 0) is 31.4 Å². The van der Waals surface area contributed by atoms with Crippen molar-refractivity contribution in [3.05, 3.63) is 29.8 Å². The number of amides is 1. The summed E-state index contributed by atoms with van der Waals surface area (Å²) in [7, 11) is 0. The van der Waals surface area contributed by atoms with Crippen LogP contribution in [-0.4, -0.2) is 27.6 Å². The van der Waals surface area contributed by atoms with E-state index in [2.05, 4.69) is 5.32 Å². The first-order valence-corrected chi connectivity index (χ1v) is 5.85. The highest BCUT2D eigenvalue weighted by Crippen LogP contribution is 2.35. The van der Waals surface area contributed by atoms with Crippen LogP contribution in [0.2, 0.25) is 0 Å². The van der Waals surface area contributed by atoms with Crippen molar-refractivity contribution in [3.8, 4) is 5.75 Å². The Hall–Kier alpha value is -2.04. The molecule has 1 fully saturated rings. The van der Waals surface area contributed by atoms with Gasteiger partial charge >= 0.3 is 5.97 Å². The van der Waals surface area contributed by atoms with Gasteiger partial charge in [0.2, 0.25) is 0 Å². The van der Waals surface area contributed by atoms with E-state index in [-0.39, 0.29) is 17.7 Å². The molecule has 5 nitrogen and oxygen atoms in total. The summed E-state index contributed by atoms with van der Waals surface area (Å²) in [6.07, 6.45) is 2.16. The molecule has 0 unspecified atom stereocenters. The second-order valence-corrected chi connectivity index (χ2v) is 4.68. The molecule has 1 aliphatic carbocycles. The normalized spacial score (nSPS) is 16.7. The van der Waals surface area contributed by atoms with Gasteiger partial charge < -0.3 is 15.5 Å². The zero-order valence-electron chi connectivity index (χ0n) is 9.85. The maximum absolute atomic E-state index is 12.0. The van der Waals surface area contributed by atoms with Crippen molar-refractivity contribution in [2.24, 2.45) is 0 Å². The van der Waals surface area contributed by atoms with E-state index in [9.17, 15) is 14.7 Å². The van der Waals surface area contributed by atoms with Crippen LogP contribution in [0.25, 0.3) is 0 Å². The molecule has 1 aromatic rings. The summed E-state index contributed by atoms with van der Waals surface area (Å²) in [6.45, 7) is 0. The molecule has 0 saturated heterocycles. The number of carbonyl (C=O) groups excluding carboxylic acids is 1. The van der Waals surface area contributed by atoms with Gasteiger partial charge in [-0.15, -0.1) is 0 Å². The van der Waals surface area contributed by atoms with Crippen LogP contribution in [0.4, 0.5) is 0 Å². The predicted molar refractivity (Wildman–Crippen MR) is 64.4 cm³/mol.